The maximum absolute atomic E-state index is 9.01. The topological polar surface area (TPSA) is 49.1 Å². The number of rotatable bonds is 3. The van der Waals surface area contributed by atoms with Crippen LogP contribution in [0.25, 0.3) is 6.08 Å². The lowest BCUT2D eigenvalue weighted by Crippen LogP contribution is -2.21. The van der Waals surface area contributed by atoms with Gasteiger partial charge in [-0.2, -0.15) is 5.26 Å². The van der Waals surface area contributed by atoms with Crippen molar-refractivity contribution in [1.82, 2.24) is 4.98 Å². The Bertz CT molecular complexity index is 1120. The third-order valence-corrected chi connectivity index (χ3v) is 4.98. The Morgan fingerprint density at radius 3 is 2.66 bits per heavy atom. The van der Waals surface area contributed by atoms with Gasteiger partial charge in [-0.1, -0.05) is 45.1 Å². The van der Waals surface area contributed by atoms with Crippen molar-refractivity contribution in [2.45, 2.75) is 26.2 Å². The van der Waals surface area contributed by atoms with Gasteiger partial charge in [0, 0.05) is 35.7 Å². The van der Waals surface area contributed by atoms with Gasteiger partial charge in [0.15, 0.2) is 0 Å². The second-order valence-corrected chi connectivity index (χ2v) is 8.12. The van der Waals surface area contributed by atoms with E-state index in [0.717, 1.165) is 23.5 Å². The summed E-state index contributed by atoms with van der Waals surface area (Å²) in [5.74, 6) is 1.33. The van der Waals surface area contributed by atoms with Crippen molar-refractivity contribution in [3.05, 3.63) is 83.7 Å². The van der Waals surface area contributed by atoms with Crippen LogP contribution in [-0.2, 0) is 5.41 Å². The van der Waals surface area contributed by atoms with E-state index in [4.69, 9.17) is 10.00 Å². The first-order chi connectivity index (χ1) is 13.9. The Morgan fingerprint density at radius 1 is 1.03 bits per heavy atom. The second-order valence-electron chi connectivity index (χ2n) is 8.12. The normalized spacial score (nSPS) is 13.0. The molecule has 0 fully saturated rings. The standard InChI is InChI=1S/C25H23N3O/c1-25(2,3)19-7-4-8-21(15-19)28-13-5-6-18-14-22(9-10-24(18)28)29-23-11-12-27-20(16-23)17-26/h4-12,14-16H,13H2,1-3H3. The third kappa shape index (κ3) is 4.00. The van der Waals surface area contributed by atoms with E-state index in [1.54, 1.807) is 18.3 Å². The maximum Gasteiger partial charge on any atom is 0.144 e. The molecule has 0 saturated heterocycles. The van der Waals surface area contributed by atoms with E-state index in [1.807, 2.05) is 18.2 Å². The van der Waals surface area contributed by atoms with E-state index in [-0.39, 0.29) is 5.41 Å². The van der Waals surface area contributed by atoms with Gasteiger partial charge in [-0.05, 0) is 47.4 Å². The third-order valence-electron chi connectivity index (χ3n) is 4.98. The van der Waals surface area contributed by atoms with Gasteiger partial charge in [-0.25, -0.2) is 4.98 Å². The molecule has 0 radical (unpaired) electrons. The summed E-state index contributed by atoms with van der Waals surface area (Å²) in [6.45, 7) is 7.53. The molecule has 0 spiro atoms. The SMILES string of the molecule is CC(C)(C)c1cccc(N2CC=Cc3cc(Oc4ccnc(C#N)c4)ccc32)c1. The van der Waals surface area contributed by atoms with Crippen LogP contribution >= 0.6 is 0 Å². The van der Waals surface area contributed by atoms with Crippen LogP contribution in [0.1, 0.15) is 37.6 Å². The Hall–Kier alpha value is -3.58. The van der Waals surface area contributed by atoms with Gasteiger partial charge in [-0.3, -0.25) is 0 Å². The number of pyridine rings is 1. The zero-order valence-corrected chi connectivity index (χ0v) is 16.9. The van der Waals surface area contributed by atoms with E-state index < -0.39 is 0 Å². The van der Waals surface area contributed by atoms with Gasteiger partial charge < -0.3 is 9.64 Å². The van der Waals surface area contributed by atoms with Crippen molar-refractivity contribution in [3.8, 4) is 17.6 Å². The lowest BCUT2D eigenvalue weighted by atomic mass is 9.87. The van der Waals surface area contributed by atoms with E-state index in [2.05, 4.69) is 73.1 Å². The molecule has 4 nitrogen and oxygen atoms in total. The zero-order chi connectivity index (χ0) is 20.4. The van der Waals surface area contributed by atoms with Crippen LogP contribution in [0.2, 0.25) is 0 Å². The van der Waals surface area contributed by atoms with E-state index >= 15 is 0 Å². The Morgan fingerprint density at radius 2 is 1.86 bits per heavy atom. The first kappa shape index (κ1) is 18.8. The summed E-state index contributed by atoms with van der Waals surface area (Å²) in [4.78, 5) is 6.29. The van der Waals surface area contributed by atoms with Crippen LogP contribution in [0.15, 0.2) is 66.9 Å². The Kier molecular flexibility index (Phi) is 4.82. The highest BCUT2D eigenvalue weighted by Gasteiger charge is 2.19. The molecule has 0 unspecified atom stereocenters. The summed E-state index contributed by atoms with van der Waals surface area (Å²) in [7, 11) is 0. The average molecular weight is 381 g/mol. The first-order valence-corrected chi connectivity index (χ1v) is 9.67. The molecule has 0 bridgehead atoms. The smallest absolute Gasteiger partial charge is 0.144 e. The number of fused-ring (bicyclic) bond motifs is 1. The minimum atomic E-state index is 0.106. The number of benzene rings is 2. The monoisotopic (exact) mass is 381 g/mol. The zero-order valence-electron chi connectivity index (χ0n) is 16.9. The van der Waals surface area contributed by atoms with Crippen LogP contribution < -0.4 is 9.64 Å². The number of hydrogen-bond donors (Lipinski definition) is 0. The molecule has 29 heavy (non-hydrogen) atoms. The summed E-state index contributed by atoms with van der Waals surface area (Å²) in [6.07, 6.45) is 5.87. The fraction of sp³-hybridized carbons (Fsp3) is 0.200. The number of aromatic nitrogens is 1. The van der Waals surface area contributed by atoms with E-state index in [9.17, 15) is 0 Å². The summed E-state index contributed by atoms with van der Waals surface area (Å²) in [5.41, 5.74) is 5.20. The number of nitriles is 1. The minimum absolute atomic E-state index is 0.106. The molecule has 0 saturated carbocycles. The Balaban J connectivity index is 1.64. The van der Waals surface area contributed by atoms with Crippen molar-refractivity contribution < 1.29 is 4.74 Å². The van der Waals surface area contributed by atoms with Gasteiger partial charge in [0.2, 0.25) is 0 Å². The number of ether oxygens (including phenoxy) is 1. The molecule has 0 amide bonds. The van der Waals surface area contributed by atoms with Gasteiger partial charge in [0.1, 0.15) is 23.3 Å². The van der Waals surface area contributed by atoms with Crippen molar-refractivity contribution >= 4 is 17.5 Å². The molecule has 144 valence electrons. The summed E-state index contributed by atoms with van der Waals surface area (Å²) < 4.78 is 5.95. The molecule has 0 atom stereocenters. The fourth-order valence-electron chi connectivity index (χ4n) is 3.42. The predicted octanol–water partition coefficient (Wildman–Crippen LogP) is 6.21. The highest BCUT2D eigenvalue weighted by Crippen LogP contribution is 2.37. The maximum atomic E-state index is 9.01. The van der Waals surface area contributed by atoms with E-state index in [1.165, 1.54) is 11.3 Å². The summed E-state index contributed by atoms with van der Waals surface area (Å²) in [6, 6.07) is 20.2. The van der Waals surface area contributed by atoms with Crippen molar-refractivity contribution in [2.75, 3.05) is 11.4 Å². The Labute approximate surface area is 171 Å². The first-order valence-electron chi connectivity index (χ1n) is 9.67. The summed E-state index contributed by atoms with van der Waals surface area (Å²) in [5, 5.41) is 9.01. The van der Waals surface area contributed by atoms with Crippen molar-refractivity contribution in [3.63, 3.8) is 0 Å². The van der Waals surface area contributed by atoms with Gasteiger partial charge in [0.05, 0.1) is 0 Å². The summed E-state index contributed by atoms with van der Waals surface area (Å²) >= 11 is 0. The molecule has 3 aromatic rings. The van der Waals surface area contributed by atoms with Crippen LogP contribution in [-0.4, -0.2) is 11.5 Å². The predicted molar refractivity (Wildman–Crippen MR) is 117 cm³/mol. The molecule has 0 N–H and O–H groups in total. The molecule has 1 aliphatic rings. The average Bonchev–Trinajstić information content (AvgIpc) is 2.73. The molecular weight excluding hydrogens is 358 g/mol. The van der Waals surface area contributed by atoms with Crippen molar-refractivity contribution in [2.24, 2.45) is 0 Å². The molecule has 4 heteroatoms. The minimum Gasteiger partial charge on any atom is -0.457 e. The molecular formula is C25H23N3O. The van der Waals surface area contributed by atoms with Crippen LogP contribution in [0.3, 0.4) is 0 Å². The van der Waals surface area contributed by atoms with Crippen molar-refractivity contribution in [1.29, 1.82) is 5.26 Å². The van der Waals surface area contributed by atoms with Crippen LogP contribution in [0, 0.1) is 11.3 Å². The fourth-order valence-corrected chi connectivity index (χ4v) is 3.42. The number of anilines is 2. The largest absolute Gasteiger partial charge is 0.457 e. The number of hydrogen-bond acceptors (Lipinski definition) is 4. The van der Waals surface area contributed by atoms with Gasteiger partial charge >= 0.3 is 0 Å². The molecule has 1 aliphatic heterocycles. The number of nitrogens with zero attached hydrogens (tertiary/aromatic N) is 3. The van der Waals surface area contributed by atoms with Crippen LogP contribution in [0.4, 0.5) is 11.4 Å². The van der Waals surface area contributed by atoms with Gasteiger partial charge in [0.25, 0.3) is 0 Å². The molecule has 1 aromatic heterocycles. The molecule has 0 aliphatic carbocycles. The van der Waals surface area contributed by atoms with Gasteiger partial charge in [-0.15, -0.1) is 0 Å². The van der Waals surface area contributed by atoms with E-state index in [0.29, 0.717) is 11.4 Å². The lowest BCUT2D eigenvalue weighted by molar-refractivity contribution is 0.481. The molecule has 4 rings (SSSR count). The lowest BCUT2D eigenvalue weighted by Gasteiger charge is -2.30. The molecule has 2 heterocycles. The van der Waals surface area contributed by atoms with Crippen LogP contribution in [0.5, 0.6) is 11.5 Å². The highest BCUT2D eigenvalue weighted by atomic mass is 16.5. The highest BCUT2D eigenvalue weighted by molar-refractivity contribution is 5.78. The quantitative estimate of drug-likeness (QED) is 0.541. The molecule has 2 aromatic carbocycles. The second kappa shape index (κ2) is 7.44.